The topological polar surface area (TPSA) is 69.3 Å². The number of aryl methyl sites for hydroxylation is 1. The van der Waals surface area contributed by atoms with Crippen molar-refractivity contribution in [2.75, 3.05) is 12.4 Å². The van der Waals surface area contributed by atoms with Gasteiger partial charge >= 0.3 is 0 Å². The zero-order valence-electron chi connectivity index (χ0n) is 15.1. The summed E-state index contributed by atoms with van der Waals surface area (Å²) in [6, 6.07) is 13.5. The molecule has 0 aliphatic heterocycles. The van der Waals surface area contributed by atoms with Crippen LogP contribution >= 0.6 is 0 Å². The number of oxazole rings is 1. The summed E-state index contributed by atoms with van der Waals surface area (Å²) in [6.45, 7) is 0. The summed E-state index contributed by atoms with van der Waals surface area (Å²) in [5, 5.41) is 4.03. The molecule has 4 rings (SSSR count). The van der Waals surface area contributed by atoms with Crippen molar-refractivity contribution in [1.82, 2.24) is 9.55 Å². The largest absolute Gasteiger partial charge is 0.496 e. The minimum atomic E-state index is -0.0826. The first-order valence-electron chi connectivity index (χ1n) is 8.55. The van der Waals surface area contributed by atoms with Gasteiger partial charge in [0.15, 0.2) is 12.2 Å². The molecule has 27 heavy (non-hydrogen) atoms. The van der Waals surface area contributed by atoms with Crippen LogP contribution in [0.25, 0.3) is 22.2 Å². The fraction of sp³-hybridized carbons (Fsp3) is 0.143. The molecule has 0 radical (unpaired) electrons. The van der Waals surface area contributed by atoms with Gasteiger partial charge in [-0.3, -0.25) is 4.79 Å². The molecule has 0 spiro atoms. The molecule has 0 unspecified atom stereocenters. The maximum absolute atomic E-state index is 12.6. The molecule has 2 aromatic heterocycles. The molecule has 0 bridgehead atoms. The van der Waals surface area contributed by atoms with E-state index < -0.39 is 0 Å². The van der Waals surface area contributed by atoms with E-state index in [1.54, 1.807) is 19.4 Å². The second kappa shape index (κ2) is 6.99. The van der Waals surface area contributed by atoms with E-state index >= 15 is 0 Å². The Morgan fingerprint density at radius 1 is 1.26 bits per heavy atom. The fourth-order valence-corrected chi connectivity index (χ4v) is 3.27. The van der Waals surface area contributed by atoms with Crippen LogP contribution in [-0.2, 0) is 18.3 Å². The van der Waals surface area contributed by atoms with E-state index in [1.165, 1.54) is 6.39 Å². The molecular weight excluding hydrogens is 342 g/mol. The number of carbonyl (C=O) groups is 1. The summed E-state index contributed by atoms with van der Waals surface area (Å²) < 4.78 is 12.8. The van der Waals surface area contributed by atoms with Gasteiger partial charge in [0.25, 0.3) is 0 Å². The van der Waals surface area contributed by atoms with E-state index in [1.807, 2.05) is 54.2 Å². The lowest BCUT2D eigenvalue weighted by atomic mass is 10.1. The maximum Gasteiger partial charge on any atom is 0.228 e. The predicted octanol–water partition coefficient (Wildman–Crippen LogP) is 4.02. The molecule has 0 saturated heterocycles. The maximum atomic E-state index is 12.6. The number of hydrogen-bond donors (Lipinski definition) is 1. The monoisotopic (exact) mass is 361 g/mol. The SMILES string of the molecule is COc1cc(NC(=O)Cc2cn(C)c3ccccc23)ccc1-c1cnco1. The minimum Gasteiger partial charge on any atom is -0.496 e. The van der Waals surface area contributed by atoms with Gasteiger partial charge in [-0.1, -0.05) is 18.2 Å². The Hall–Kier alpha value is -3.54. The summed E-state index contributed by atoms with van der Waals surface area (Å²) in [7, 11) is 3.56. The van der Waals surface area contributed by atoms with Crippen LogP contribution in [-0.4, -0.2) is 22.6 Å². The Balaban J connectivity index is 1.54. The number of carbonyl (C=O) groups excluding carboxylic acids is 1. The average molecular weight is 361 g/mol. The van der Waals surface area contributed by atoms with Crippen LogP contribution in [0.5, 0.6) is 5.75 Å². The Kier molecular flexibility index (Phi) is 4.38. The number of rotatable bonds is 5. The molecule has 0 aliphatic carbocycles. The van der Waals surface area contributed by atoms with E-state index in [0.29, 0.717) is 23.6 Å². The van der Waals surface area contributed by atoms with Gasteiger partial charge in [0, 0.05) is 35.9 Å². The number of anilines is 1. The average Bonchev–Trinajstić information content (AvgIpc) is 3.31. The Labute approximate surface area is 156 Å². The summed E-state index contributed by atoms with van der Waals surface area (Å²) in [6.07, 6.45) is 5.29. The number of benzene rings is 2. The van der Waals surface area contributed by atoms with Gasteiger partial charge < -0.3 is 19.0 Å². The van der Waals surface area contributed by atoms with Crippen LogP contribution in [0.3, 0.4) is 0 Å². The van der Waals surface area contributed by atoms with Gasteiger partial charge in [0.05, 0.1) is 25.3 Å². The Bertz CT molecular complexity index is 1100. The van der Waals surface area contributed by atoms with Crippen LogP contribution < -0.4 is 10.1 Å². The molecular formula is C21H19N3O3. The minimum absolute atomic E-state index is 0.0826. The predicted molar refractivity (Wildman–Crippen MR) is 104 cm³/mol. The molecule has 6 heteroatoms. The lowest BCUT2D eigenvalue weighted by Crippen LogP contribution is -2.14. The molecule has 1 amide bonds. The summed E-state index contributed by atoms with van der Waals surface area (Å²) >= 11 is 0. The molecule has 0 saturated carbocycles. The van der Waals surface area contributed by atoms with Crippen molar-refractivity contribution in [3.05, 3.63) is 66.8 Å². The van der Waals surface area contributed by atoms with Crippen molar-refractivity contribution in [3.63, 3.8) is 0 Å². The van der Waals surface area contributed by atoms with Gasteiger partial charge in [0.1, 0.15) is 5.75 Å². The van der Waals surface area contributed by atoms with Crippen molar-refractivity contribution in [2.24, 2.45) is 7.05 Å². The van der Waals surface area contributed by atoms with Gasteiger partial charge in [-0.15, -0.1) is 0 Å². The lowest BCUT2D eigenvalue weighted by molar-refractivity contribution is -0.115. The van der Waals surface area contributed by atoms with Crippen LogP contribution in [0.4, 0.5) is 5.69 Å². The standard InChI is InChI=1S/C21H19N3O3/c1-24-12-14(16-5-3-4-6-18(16)24)9-21(25)23-15-7-8-17(19(10-15)26-2)20-11-22-13-27-20/h3-8,10-13H,9H2,1-2H3,(H,23,25). The second-order valence-electron chi connectivity index (χ2n) is 6.29. The fourth-order valence-electron chi connectivity index (χ4n) is 3.27. The van der Waals surface area contributed by atoms with E-state index in [2.05, 4.69) is 10.3 Å². The zero-order chi connectivity index (χ0) is 18.8. The highest BCUT2D eigenvalue weighted by Gasteiger charge is 2.13. The molecule has 0 fully saturated rings. The first-order chi connectivity index (χ1) is 13.2. The Morgan fingerprint density at radius 3 is 2.89 bits per heavy atom. The normalized spacial score (nSPS) is 10.9. The highest BCUT2D eigenvalue weighted by Crippen LogP contribution is 2.32. The number of hydrogen-bond acceptors (Lipinski definition) is 4. The Morgan fingerprint density at radius 2 is 2.11 bits per heavy atom. The van der Waals surface area contributed by atoms with E-state index in [0.717, 1.165) is 22.0 Å². The molecule has 2 aromatic carbocycles. The smallest absolute Gasteiger partial charge is 0.228 e. The number of ether oxygens (including phenoxy) is 1. The van der Waals surface area contributed by atoms with E-state index in [9.17, 15) is 4.79 Å². The van der Waals surface area contributed by atoms with Gasteiger partial charge in [0.2, 0.25) is 5.91 Å². The van der Waals surface area contributed by atoms with Crippen molar-refractivity contribution in [1.29, 1.82) is 0 Å². The van der Waals surface area contributed by atoms with Crippen LogP contribution in [0, 0.1) is 0 Å². The summed E-state index contributed by atoms with van der Waals surface area (Å²) in [5.74, 6) is 1.14. The number of amides is 1. The second-order valence-corrected chi connectivity index (χ2v) is 6.29. The third-order valence-electron chi connectivity index (χ3n) is 4.51. The van der Waals surface area contributed by atoms with E-state index in [4.69, 9.17) is 9.15 Å². The quantitative estimate of drug-likeness (QED) is 0.583. The number of fused-ring (bicyclic) bond motifs is 1. The molecule has 0 aliphatic rings. The highest BCUT2D eigenvalue weighted by molar-refractivity contribution is 5.96. The first kappa shape index (κ1) is 16.9. The van der Waals surface area contributed by atoms with Crippen LogP contribution in [0.1, 0.15) is 5.56 Å². The van der Waals surface area contributed by atoms with Crippen LogP contribution in [0.2, 0.25) is 0 Å². The lowest BCUT2D eigenvalue weighted by Gasteiger charge is -2.10. The third kappa shape index (κ3) is 3.29. The molecule has 0 atom stereocenters. The number of aromatic nitrogens is 2. The third-order valence-corrected chi connectivity index (χ3v) is 4.51. The van der Waals surface area contributed by atoms with Crippen molar-refractivity contribution in [2.45, 2.75) is 6.42 Å². The molecule has 1 N–H and O–H groups in total. The first-order valence-corrected chi connectivity index (χ1v) is 8.55. The zero-order valence-corrected chi connectivity index (χ0v) is 15.1. The summed E-state index contributed by atoms with van der Waals surface area (Å²) in [5.41, 5.74) is 3.55. The molecule has 136 valence electrons. The van der Waals surface area contributed by atoms with Crippen molar-refractivity contribution in [3.8, 4) is 17.1 Å². The van der Waals surface area contributed by atoms with Crippen LogP contribution in [0.15, 0.2) is 65.7 Å². The molecule has 6 nitrogen and oxygen atoms in total. The number of para-hydroxylation sites is 1. The van der Waals surface area contributed by atoms with Gasteiger partial charge in [-0.25, -0.2) is 4.98 Å². The molecule has 2 heterocycles. The van der Waals surface area contributed by atoms with Gasteiger partial charge in [-0.2, -0.15) is 0 Å². The summed E-state index contributed by atoms with van der Waals surface area (Å²) in [4.78, 5) is 16.5. The number of nitrogens with zero attached hydrogens (tertiary/aromatic N) is 2. The van der Waals surface area contributed by atoms with Gasteiger partial charge in [-0.05, 0) is 23.8 Å². The molecule has 4 aromatic rings. The number of nitrogens with one attached hydrogen (secondary N) is 1. The number of methoxy groups -OCH3 is 1. The van der Waals surface area contributed by atoms with E-state index in [-0.39, 0.29) is 5.91 Å². The highest BCUT2D eigenvalue weighted by atomic mass is 16.5. The van der Waals surface area contributed by atoms with Crippen molar-refractivity contribution < 1.29 is 13.9 Å². The van der Waals surface area contributed by atoms with Crippen molar-refractivity contribution >= 4 is 22.5 Å².